The fraction of sp³-hybridized carbons (Fsp3) is 0.533. The first-order valence-electron chi connectivity index (χ1n) is 6.66. The summed E-state index contributed by atoms with van der Waals surface area (Å²) in [5.74, 6) is 1.01. The minimum Gasteiger partial charge on any atom is -0.496 e. The molecule has 0 bridgehead atoms. The first kappa shape index (κ1) is 14.5. The van der Waals surface area contributed by atoms with Crippen molar-refractivity contribution in [1.82, 2.24) is 5.32 Å². The van der Waals surface area contributed by atoms with Crippen LogP contribution in [0.3, 0.4) is 0 Å². The third-order valence-corrected chi connectivity index (χ3v) is 4.32. The lowest BCUT2D eigenvalue weighted by Crippen LogP contribution is -2.52. The molecule has 1 atom stereocenters. The molecule has 1 unspecified atom stereocenters. The highest BCUT2D eigenvalue weighted by Gasteiger charge is 2.34. The lowest BCUT2D eigenvalue weighted by molar-refractivity contribution is -0.125. The zero-order chi connectivity index (χ0) is 13.9. The summed E-state index contributed by atoms with van der Waals surface area (Å²) in [7, 11) is 1.64. The third-order valence-electron chi connectivity index (χ3n) is 3.83. The summed E-state index contributed by atoms with van der Waals surface area (Å²) in [4.78, 5) is 12.5. The van der Waals surface area contributed by atoms with E-state index in [2.05, 4.69) is 21.2 Å². The van der Waals surface area contributed by atoms with Gasteiger partial charge in [-0.25, -0.2) is 0 Å². The molecule has 0 saturated carbocycles. The van der Waals surface area contributed by atoms with Gasteiger partial charge in [-0.1, -0.05) is 15.9 Å². The Labute approximate surface area is 122 Å². The highest BCUT2D eigenvalue weighted by atomic mass is 79.9. The molecule has 2 rings (SSSR count). The number of ether oxygens (including phenoxy) is 1. The Morgan fingerprint density at radius 3 is 2.89 bits per heavy atom. The summed E-state index contributed by atoms with van der Waals surface area (Å²) in [6.07, 6.45) is 3.60. The van der Waals surface area contributed by atoms with Crippen LogP contribution in [-0.2, 0) is 11.2 Å². The molecule has 0 radical (unpaired) electrons. The molecule has 4 heteroatoms. The second kappa shape index (κ2) is 6.06. The number of nitrogens with one attached hydrogen (secondary N) is 1. The van der Waals surface area contributed by atoms with Crippen LogP contribution >= 0.6 is 15.9 Å². The minimum atomic E-state index is -0.383. The van der Waals surface area contributed by atoms with E-state index in [9.17, 15) is 4.79 Å². The number of hydrogen-bond acceptors (Lipinski definition) is 3. The van der Waals surface area contributed by atoms with Crippen LogP contribution in [0.1, 0.15) is 31.7 Å². The largest absolute Gasteiger partial charge is 0.496 e. The Morgan fingerprint density at radius 1 is 1.47 bits per heavy atom. The number of rotatable bonds is 4. The van der Waals surface area contributed by atoms with Crippen LogP contribution < -0.4 is 10.1 Å². The molecule has 1 aliphatic heterocycles. The van der Waals surface area contributed by atoms with Crippen molar-refractivity contribution >= 4 is 21.7 Å². The topological polar surface area (TPSA) is 38.3 Å². The maximum Gasteiger partial charge on any atom is 0.157 e. The summed E-state index contributed by atoms with van der Waals surface area (Å²) in [6, 6.07) is 5.78. The van der Waals surface area contributed by atoms with Gasteiger partial charge in [0.05, 0.1) is 12.6 Å². The fourth-order valence-electron chi connectivity index (χ4n) is 2.55. The number of carbonyl (C=O) groups excluding carboxylic acids is 1. The van der Waals surface area contributed by atoms with Gasteiger partial charge in [0, 0.05) is 16.5 Å². The van der Waals surface area contributed by atoms with E-state index in [-0.39, 0.29) is 11.3 Å². The summed E-state index contributed by atoms with van der Waals surface area (Å²) in [6.45, 7) is 2.94. The van der Waals surface area contributed by atoms with Gasteiger partial charge in [0.2, 0.25) is 0 Å². The zero-order valence-electron chi connectivity index (χ0n) is 11.5. The number of piperidine rings is 1. The highest BCUT2D eigenvalue weighted by molar-refractivity contribution is 9.10. The van der Waals surface area contributed by atoms with Gasteiger partial charge < -0.3 is 10.1 Å². The molecule has 1 aromatic carbocycles. The minimum absolute atomic E-state index is 0.239. The molecule has 0 spiro atoms. The SMILES string of the molecule is COc1ccc(Br)cc1CC(=O)C1(C)CCCCN1. The molecular formula is C15H20BrNO2. The number of methoxy groups -OCH3 is 1. The van der Waals surface area contributed by atoms with Gasteiger partial charge in [-0.05, 0) is 50.9 Å². The van der Waals surface area contributed by atoms with Crippen LogP contribution in [0.15, 0.2) is 22.7 Å². The quantitative estimate of drug-likeness (QED) is 0.924. The van der Waals surface area contributed by atoms with E-state index in [1.54, 1.807) is 7.11 Å². The molecule has 0 aromatic heterocycles. The monoisotopic (exact) mass is 325 g/mol. The lowest BCUT2D eigenvalue weighted by atomic mass is 9.84. The number of hydrogen-bond donors (Lipinski definition) is 1. The summed E-state index contributed by atoms with van der Waals surface area (Å²) < 4.78 is 6.30. The maximum atomic E-state index is 12.5. The molecule has 104 valence electrons. The van der Waals surface area contributed by atoms with Crippen molar-refractivity contribution in [2.75, 3.05) is 13.7 Å². The molecule has 19 heavy (non-hydrogen) atoms. The van der Waals surface area contributed by atoms with E-state index in [0.717, 1.165) is 41.6 Å². The fourth-order valence-corrected chi connectivity index (χ4v) is 2.96. The van der Waals surface area contributed by atoms with Crippen LogP contribution in [0.5, 0.6) is 5.75 Å². The van der Waals surface area contributed by atoms with Crippen molar-refractivity contribution in [2.24, 2.45) is 0 Å². The standard InChI is InChI=1S/C15H20BrNO2/c1-15(7-3-4-8-17-15)14(18)10-11-9-12(16)5-6-13(11)19-2/h5-6,9,17H,3-4,7-8,10H2,1-2H3. The van der Waals surface area contributed by atoms with E-state index in [0.29, 0.717) is 6.42 Å². The summed E-state index contributed by atoms with van der Waals surface area (Å²) >= 11 is 3.44. The molecule has 1 fully saturated rings. The molecule has 1 aliphatic rings. The van der Waals surface area contributed by atoms with Gasteiger partial charge in [0.15, 0.2) is 5.78 Å². The molecule has 0 amide bonds. The van der Waals surface area contributed by atoms with Crippen LogP contribution in [0.4, 0.5) is 0 Å². The van der Waals surface area contributed by atoms with Crippen molar-refractivity contribution < 1.29 is 9.53 Å². The van der Waals surface area contributed by atoms with Gasteiger partial charge in [-0.15, -0.1) is 0 Å². The predicted octanol–water partition coefficient (Wildman–Crippen LogP) is 3.10. The van der Waals surface area contributed by atoms with Crippen LogP contribution in [-0.4, -0.2) is 25.0 Å². The van der Waals surface area contributed by atoms with E-state index < -0.39 is 0 Å². The average Bonchev–Trinajstić information content (AvgIpc) is 2.40. The van der Waals surface area contributed by atoms with Crippen molar-refractivity contribution in [3.8, 4) is 5.75 Å². The van der Waals surface area contributed by atoms with Gasteiger partial charge >= 0.3 is 0 Å². The molecule has 1 aromatic rings. The first-order chi connectivity index (χ1) is 9.05. The van der Waals surface area contributed by atoms with E-state index in [4.69, 9.17) is 4.74 Å². The second-order valence-electron chi connectivity index (χ2n) is 5.27. The molecule has 1 saturated heterocycles. The van der Waals surface area contributed by atoms with Crippen LogP contribution in [0.25, 0.3) is 0 Å². The molecule has 0 aliphatic carbocycles. The predicted molar refractivity (Wildman–Crippen MR) is 79.7 cm³/mol. The Hall–Kier alpha value is -0.870. The molecule has 3 nitrogen and oxygen atoms in total. The van der Waals surface area contributed by atoms with Crippen LogP contribution in [0, 0.1) is 0 Å². The van der Waals surface area contributed by atoms with E-state index in [1.807, 2.05) is 25.1 Å². The molecular weight excluding hydrogens is 306 g/mol. The van der Waals surface area contributed by atoms with Gasteiger partial charge in [-0.3, -0.25) is 4.79 Å². The number of carbonyl (C=O) groups is 1. The Morgan fingerprint density at radius 2 is 2.26 bits per heavy atom. The van der Waals surface area contributed by atoms with Gasteiger partial charge in [0.1, 0.15) is 5.75 Å². The third kappa shape index (κ3) is 3.37. The summed E-state index contributed by atoms with van der Waals surface area (Å²) in [5, 5.41) is 3.37. The first-order valence-corrected chi connectivity index (χ1v) is 7.45. The highest BCUT2D eigenvalue weighted by Crippen LogP contribution is 2.27. The van der Waals surface area contributed by atoms with Crippen molar-refractivity contribution in [3.05, 3.63) is 28.2 Å². The number of halogens is 1. The number of Topliss-reactive ketones (excluding diaryl/α,β-unsaturated/α-hetero) is 1. The summed E-state index contributed by atoms with van der Waals surface area (Å²) in [5.41, 5.74) is 0.557. The van der Waals surface area contributed by atoms with Gasteiger partial charge in [0.25, 0.3) is 0 Å². The van der Waals surface area contributed by atoms with E-state index >= 15 is 0 Å². The van der Waals surface area contributed by atoms with Crippen LogP contribution in [0.2, 0.25) is 0 Å². The molecule has 1 N–H and O–H groups in total. The zero-order valence-corrected chi connectivity index (χ0v) is 13.0. The Kier molecular flexibility index (Phi) is 4.63. The smallest absolute Gasteiger partial charge is 0.157 e. The van der Waals surface area contributed by atoms with Crippen molar-refractivity contribution in [3.63, 3.8) is 0 Å². The number of ketones is 1. The Bertz CT molecular complexity index is 467. The lowest BCUT2D eigenvalue weighted by Gasteiger charge is -2.33. The number of benzene rings is 1. The molecule has 1 heterocycles. The second-order valence-corrected chi connectivity index (χ2v) is 6.19. The maximum absolute atomic E-state index is 12.5. The van der Waals surface area contributed by atoms with Crippen molar-refractivity contribution in [2.45, 2.75) is 38.1 Å². The van der Waals surface area contributed by atoms with Crippen molar-refractivity contribution in [1.29, 1.82) is 0 Å². The average molecular weight is 326 g/mol. The van der Waals surface area contributed by atoms with Gasteiger partial charge in [-0.2, -0.15) is 0 Å². The van der Waals surface area contributed by atoms with E-state index in [1.165, 1.54) is 0 Å². The Balaban J connectivity index is 2.16. The normalized spacial score (nSPS) is 23.1.